The number of carbonyl (C=O) groups excluding carboxylic acids is 2. The molecule has 2 aliphatic heterocycles. The van der Waals surface area contributed by atoms with Crippen LogP contribution in [0, 0.1) is 0 Å². The Bertz CT molecular complexity index is 2960. The average molecular weight is 957 g/mol. The summed E-state index contributed by atoms with van der Waals surface area (Å²) in [5, 5.41) is 4.97. The van der Waals surface area contributed by atoms with Crippen LogP contribution >= 0.6 is 23.5 Å². The van der Waals surface area contributed by atoms with E-state index in [0.717, 1.165) is 33.2 Å². The number of benzene rings is 6. The first-order chi connectivity index (χ1) is 32.0. The lowest BCUT2D eigenvalue weighted by atomic mass is 9.91. The third-order valence-corrected chi connectivity index (χ3v) is 17.7. The Balaban J connectivity index is 0.000000181. The summed E-state index contributed by atoms with van der Waals surface area (Å²) in [6.07, 6.45) is 1.58. The van der Waals surface area contributed by atoms with Gasteiger partial charge in [-0.25, -0.2) is 16.8 Å². The van der Waals surface area contributed by atoms with Gasteiger partial charge in [0.2, 0.25) is 31.9 Å². The smallest absolute Gasteiger partial charge is 0.249 e. The quantitative estimate of drug-likeness (QED) is 0.0980. The molecule has 0 saturated carbocycles. The highest BCUT2D eigenvalue weighted by Gasteiger charge is 2.42. The third-order valence-electron chi connectivity index (χ3n) is 11.3. The van der Waals surface area contributed by atoms with E-state index in [1.165, 1.54) is 32.1 Å². The molecule has 0 radical (unpaired) electrons. The number of nitrogens with zero attached hydrogens (tertiary/aromatic N) is 3. The van der Waals surface area contributed by atoms with Crippen LogP contribution in [0.25, 0.3) is 22.0 Å². The molecule has 0 bridgehead atoms. The van der Waals surface area contributed by atoms with Crippen molar-refractivity contribution in [3.8, 4) is 11.1 Å². The van der Waals surface area contributed by atoms with Crippen molar-refractivity contribution in [2.75, 3.05) is 36.9 Å². The van der Waals surface area contributed by atoms with Gasteiger partial charge in [0, 0.05) is 60.9 Å². The number of nitrogens with two attached hydrogens (primary N) is 1. The van der Waals surface area contributed by atoms with Crippen LogP contribution in [0.3, 0.4) is 0 Å². The van der Waals surface area contributed by atoms with E-state index < -0.39 is 30.8 Å². The molecule has 16 heteroatoms. The Morgan fingerprint density at radius 1 is 0.606 bits per heavy atom. The van der Waals surface area contributed by atoms with Gasteiger partial charge in [-0.2, -0.15) is 8.61 Å². The molecule has 2 aliphatic rings. The largest absolute Gasteiger partial charge is 0.398 e. The topological polar surface area (TPSA) is 172 Å². The summed E-state index contributed by atoms with van der Waals surface area (Å²) in [5.41, 5.74) is 11.8. The fraction of sp³-hybridized carbons (Fsp3) is 0.180. The van der Waals surface area contributed by atoms with E-state index in [9.17, 15) is 26.4 Å². The van der Waals surface area contributed by atoms with Crippen LogP contribution in [-0.4, -0.2) is 84.1 Å². The Labute approximate surface area is 394 Å². The zero-order valence-electron chi connectivity index (χ0n) is 35.7. The number of nitrogens with one attached hydrogen (secondary N) is 2. The van der Waals surface area contributed by atoms with E-state index in [1.807, 2.05) is 121 Å². The number of pyridine rings is 1. The number of para-hydroxylation sites is 2. The van der Waals surface area contributed by atoms with Crippen LogP contribution < -0.4 is 16.4 Å². The maximum absolute atomic E-state index is 13.6. The molecule has 4 N–H and O–H groups in total. The molecule has 338 valence electrons. The summed E-state index contributed by atoms with van der Waals surface area (Å²) in [5.74, 6) is 0.430. The number of sulfonamides is 2. The Morgan fingerprint density at radius 2 is 1.14 bits per heavy atom. The minimum atomic E-state index is -3.91. The van der Waals surface area contributed by atoms with Gasteiger partial charge in [0.05, 0.1) is 10.4 Å². The molecule has 66 heavy (non-hydrogen) atoms. The number of fused-ring (bicyclic) bond motifs is 1. The van der Waals surface area contributed by atoms with Gasteiger partial charge in [-0.3, -0.25) is 14.6 Å². The van der Waals surface area contributed by atoms with Gasteiger partial charge in [0.1, 0.15) is 15.6 Å². The van der Waals surface area contributed by atoms with Gasteiger partial charge in [0.15, 0.2) is 0 Å². The molecule has 1 aromatic heterocycles. The first-order valence-corrected chi connectivity index (χ1v) is 26.2. The van der Waals surface area contributed by atoms with E-state index in [0.29, 0.717) is 35.8 Å². The molecule has 2 fully saturated rings. The van der Waals surface area contributed by atoms with Gasteiger partial charge in [0.25, 0.3) is 0 Å². The number of aromatic nitrogens is 1. The Kier molecular flexibility index (Phi) is 14.9. The van der Waals surface area contributed by atoms with E-state index >= 15 is 0 Å². The van der Waals surface area contributed by atoms with Crippen LogP contribution in [-0.2, 0) is 36.2 Å². The minimum absolute atomic E-state index is 0.0416. The number of thioether (sulfide) groups is 2. The molecule has 12 nitrogen and oxygen atoms in total. The van der Waals surface area contributed by atoms with Crippen molar-refractivity contribution in [1.29, 1.82) is 0 Å². The molecule has 2 unspecified atom stereocenters. The molecular formula is C50H48N6O6S4. The first-order valence-electron chi connectivity index (χ1n) is 21.3. The van der Waals surface area contributed by atoms with E-state index in [2.05, 4.69) is 15.6 Å². The van der Waals surface area contributed by atoms with E-state index in [4.69, 9.17) is 5.73 Å². The van der Waals surface area contributed by atoms with Crippen molar-refractivity contribution in [3.05, 3.63) is 193 Å². The summed E-state index contributed by atoms with van der Waals surface area (Å²) in [4.78, 5) is 30.7. The standard InChI is InChI=1S/C27H25N3O3S2.C23H23N3O3S2/c31-26(29-19-23(20-9-3-1-4-10-20)21-11-5-2-6-12-21)27-30(17-18-34-27)35(32,33)24-15-7-13-22-14-8-16-28-25(22)24;24-21-9-5-4-8-19(21)16-25-22(27)23-26(14-15-30-23)31(28,29)20-12-10-18(11-13-20)17-6-2-1-3-7-17/h1-16,23,27H,17-19H2,(H,29,31);1-13,23H,14-16,24H2,(H,25,27). The van der Waals surface area contributed by atoms with Crippen molar-refractivity contribution in [3.63, 3.8) is 0 Å². The predicted molar refractivity (Wildman–Crippen MR) is 264 cm³/mol. The van der Waals surface area contributed by atoms with Crippen molar-refractivity contribution in [2.24, 2.45) is 0 Å². The second-order valence-corrected chi connectivity index (χ2v) is 21.6. The van der Waals surface area contributed by atoms with E-state index in [-0.39, 0.29) is 40.6 Å². The number of rotatable bonds is 13. The lowest BCUT2D eigenvalue weighted by Gasteiger charge is -2.24. The molecule has 9 rings (SSSR count). The summed E-state index contributed by atoms with van der Waals surface area (Å²) < 4.78 is 56.3. The fourth-order valence-electron chi connectivity index (χ4n) is 7.86. The number of hydrogen-bond acceptors (Lipinski definition) is 10. The van der Waals surface area contributed by atoms with Gasteiger partial charge < -0.3 is 16.4 Å². The highest BCUT2D eigenvalue weighted by atomic mass is 32.2. The number of carbonyl (C=O) groups is 2. The second kappa shape index (κ2) is 21.1. The normalized spacial score (nSPS) is 16.7. The predicted octanol–water partition coefficient (Wildman–Crippen LogP) is 7.56. The van der Waals surface area contributed by atoms with Gasteiger partial charge in [-0.1, -0.05) is 140 Å². The molecule has 0 spiro atoms. The number of hydrogen-bond donors (Lipinski definition) is 3. The maximum atomic E-state index is 13.6. The van der Waals surface area contributed by atoms with Crippen molar-refractivity contribution in [1.82, 2.24) is 24.2 Å². The maximum Gasteiger partial charge on any atom is 0.249 e. The summed E-state index contributed by atoms with van der Waals surface area (Å²) in [6, 6.07) is 52.5. The second-order valence-electron chi connectivity index (χ2n) is 15.4. The fourth-order valence-corrected chi connectivity index (χ4v) is 14.2. The van der Waals surface area contributed by atoms with Crippen molar-refractivity contribution >= 4 is 72.0 Å². The summed E-state index contributed by atoms with van der Waals surface area (Å²) in [6.45, 7) is 1.18. The highest BCUT2D eigenvalue weighted by molar-refractivity contribution is 8.02. The minimum Gasteiger partial charge on any atom is -0.398 e. The SMILES string of the molecule is Nc1ccccc1CNC(=O)C1SCCN1S(=O)(=O)c1ccc(-c2ccccc2)cc1.O=C(NCC(c1ccccc1)c1ccccc1)C1SCCN1S(=O)(=O)c1cccc2cccnc12. The molecule has 0 aliphatic carbocycles. The molecule has 2 atom stereocenters. The van der Waals surface area contributed by atoms with Gasteiger partial charge >= 0.3 is 0 Å². The Morgan fingerprint density at radius 3 is 1.76 bits per heavy atom. The van der Waals surface area contributed by atoms with Crippen molar-refractivity contribution in [2.45, 2.75) is 33.0 Å². The molecule has 2 amide bonds. The summed E-state index contributed by atoms with van der Waals surface area (Å²) >= 11 is 2.67. The third kappa shape index (κ3) is 10.5. The molecule has 7 aromatic rings. The van der Waals surface area contributed by atoms with Gasteiger partial charge in [-0.15, -0.1) is 23.5 Å². The highest BCUT2D eigenvalue weighted by Crippen LogP contribution is 2.34. The molecule has 2 saturated heterocycles. The number of nitrogen functional groups attached to an aromatic ring is 1. The zero-order chi connectivity index (χ0) is 46.1. The van der Waals surface area contributed by atoms with Gasteiger partial charge in [-0.05, 0) is 58.1 Å². The molecular weight excluding hydrogens is 909 g/mol. The lowest BCUT2D eigenvalue weighted by Crippen LogP contribution is -2.45. The van der Waals surface area contributed by atoms with Crippen LogP contribution in [0.1, 0.15) is 22.6 Å². The average Bonchev–Trinajstić information content (AvgIpc) is 4.08. The van der Waals surface area contributed by atoms with Crippen LogP contribution in [0.2, 0.25) is 0 Å². The van der Waals surface area contributed by atoms with Crippen LogP contribution in [0.4, 0.5) is 5.69 Å². The van der Waals surface area contributed by atoms with Crippen molar-refractivity contribution < 1.29 is 26.4 Å². The monoisotopic (exact) mass is 956 g/mol. The van der Waals surface area contributed by atoms with Crippen LogP contribution in [0.5, 0.6) is 0 Å². The summed E-state index contributed by atoms with van der Waals surface area (Å²) in [7, 11) is -7.71. The zero-order valence-corrected chi connectivity index (χ0v) is 39.0. The number of amides is 2. The molecule has 3 heterocycles. The Hall–Kier alpha value is -6.01. The van der Waals surface area contributed by atoms with E-state index in [1.54, 1.807) is 54.7 Å². The first kappa shape index (κ1) is 46.5. The number of anilines is 1. The molecule has 6 aromatic carbocycles. The lowest BCUT2D eigenvalue weighted by molar-refractivity contribution is -0.123. The van der Waals surface area contributed by atoms with Crippen LogP contribution in [0.15, 0.2) is 186 Å².